The summed E-state index contributed by atoms with van der Waals surface area (Å²) in [6.07, 6.45) is -0.238. The lowest BCUT2D eigenvalue weighted by Gasteiger charge is -2.37. The van der Waals surface area contributed by atoms with Gasteiger partial charge in [0.15, 0.2) is 0 Å². The van der Waals surface area contributed by atoms with Gasteiger partial charge in [0.05, 0.1) is 11.4 Å². The molecule has 0 aliphatic carbocycles. The van der Waals surface area contributed by atoms with E-state index in [0.29, 0.717) is 13.1 Å². The van der Waals surface area contributed by atoms with Crippen molar-refractivity contribution in [3.8, 4) is 0 Å². The summed E-state index contributed by atoms with van der Waals surface area (Å²) in [5.74, 6) is 0. The van der Waals surface area contributed by atoms with E-state index in [9.17, 15) is 4.79 Å². The molecule has 0 atom stereocenters. The summed E-state index contributed by atoms with van der Waals surface area (Å²) in [7, 11) is 0. The maximum atomic E-state index is 12.0. The number of hydrogen-bond acceptors (Lipinski definition) is 4. The molecule has 0 saturated carbocycles. The third-order valence-corrected chi connectivity index (χ3v) is 3.93. The van der Waals surface area contributed by atoms with Crippen LogP contribution in [0.2, 0.25) is 0 Å². The van der Waals surface area contributed by atoms with E-state index in [-0.39, 0.29) is 6.09 Å². The normalized spacial score (nSPS) is 16.0. The predicted octanol–water partition coefficient (Wildman–Crippen LogP) is 2.93. The van der Waals surface area contributed by atoms with Gasteiger partial charge in [-0.15, -0.1) is 0 Å². The van der Waals surface area contributed by atoms with Gasteiger partial charge >= 0.3 is 6.09 Å². The SMILES string of the molecule is CC(C)(C)OC(=O)N1CCN(c2ccc(I)cc2N)CC1. The first-order valence-corrected chi connectivity index (χ1v) is 8.12. The van der Waals surface area contributed by atoms with E-state index in [4.69, 9.17) is 10.5 Å². The Kier molecular flexibility index (Phi) is 4.85. The zero-order valence-electron chi connectivity index (χ0n) is 12.7. The van der Waals surface area contributed by atoms with E-state index < -0.39 is 5.60 Å². The Hall–Kier alpha value is -1.18. The molecule has 5 nitrogen and oxygen atoms in total. The molecular formula is C15H22IN3O2. The number of halogens is 1. The minimum absolute atomic E-state index is 0.238. The number of hydrogen-bond donors (Lipinski definition) is 1. The predicted molar refractivity (Wildman–Crippen MR) is 93.6 cm³/mol. The van der Waals surface area contributed by atoms with Crippen molar-refractivity contribution in [3.05, 3.63) is 21.8 Å². The summed E-state index contributed by atoms with van der Waals surface area (Å²) in [5, 5.41) is 0. The Morgan fingerprint density at radius 2 is 1.86 bits per heavy atom. The molecule has 6 heteroatoms. The van der Waals surface area contributed by atoms with E-state index in [2.05, 4.69) is 27.5 Å². The topological polar surface area (TPSA) is 58.8 Å². The lowest BCUT2D eigenvalue weighted by molar-refractivity contribution is 0.0240. The zero-order chi connectivity index (χ0) is 15.6. The lowest BCUT2D eigenvalue weighted by Crippen LogP contribution is -2.50. The molecule has 2 rings (SSSR count). The van der Waals surface area contributed by atoms with Crippen LogP contribution in [0.15, 0.2) is 18.2 Å². The molecule has 1 aromatic rings. The van der Waals surface area contributed by atoms with Crippen molar-refractivity contribution in [3.63, 3.8) is 0 Å². The van der Waals surface area contributed by atoms with Crippen molar-refractivity contribution in [1.29, 1.82) is 0 Å². The molecule has 1 heterocycles. The molecule has 1 aromatic carbocycles. The Bertz CT molecular complexity index is 520. The second-order valence-electron chi connectivity index (χ2n) is 6.16. The average Bonchev–Trinajstić information content (AvgIpc) is 2.37. The van der Waals surface area contributed by atoms with E-state index in [1.165, 1.54) is 0 Å². The van der Waals surface area contributed by atoms with Crippen LogP contribution in [0, 0.1) is 3.57 Å². The second-order valence-corrected chi connectivity index (χ2v) is 7.40. The van der Waals surface area contributed by atoms with Gasteiger partial charge in [-0.2, -0.15) is 0 Å². The highest BCUT2D eigenvalue weighted by Crippen LogP contribution is 2.26. The number of ether oxygens (including phenoxy) is 1. The first-order valence-electron chi connectivity index (χ1n) is 7.04. The van der Waals surface area contributed by atoms with E-state index in [1.54, 1.807) is 4.90 Å². The third-order valence-electron chi connectivity index (χ3n) is 3.26. The number of rotatable bonds is 1. The van der Waals surface area contributed by atoms with E-state index in [0.717, 1.165) is 28.0 Å². The summed E-state index contributed by atoms with van der Waals surface area (Å²) < 4.78 is 6.53. The quantitative estimate of drug-likeness (QED) is 0.579. The van der Waals surface area contributed by atoms with Gasteiger partial charge in [0.2, 0.25) is 0 Å². The first kappa shape index (κ1) is 16.2. The number of benzene rings is 1. The molecule has 1 aliphatic rings. The average molecular weight is 403 g/mol. The van der Waals surface area contributed by atoms with E-state index in [1.807, 2.05) is 39.0 Å². The molecule has 116 valence electrons. The summed E-state index contributed by atoms with van der Waals surface area (Å²) >= 11 is 2.25. The largest absolute Gasteiger partial charge is 0.444 e. The van der Waals surface area contributed by atoms with Crippen molar-refractivity contribution in [2.24, 2.45) is 0 Å². The number of carbonyl (C=O) groups is 1. The molecular weight excluding hydrogens is 381 g/mol. The third kappa shape index (κ3) is 4.39. The fraction of sp³-hybridized carbons (Fsp3) is 0.533. The first-order chi connectivity index (χ1) is 9.76. The summed E-state index contributed by atoms with van der Waals surface area (Å²) in [6, 6.07) is 6.06. The lowest BCUT2D eigenvalue weighted by atomic mass is 10.2. The van der Waals surface area contributed by atoms with Crippen LogP contribution in [0.5, 0.6) is 0 Å². The van der Waals surface area contributed by atoms with Crippen LogP contribution in [-0.4, -0.2) is 42.8 Å². The van der Waals surface area contributed by atoms with Crippen LogP contribution in [-0.2, 0) is 4.74 Å². The van der Waals surface area contributed by atoms with Crippen LogP contribution in [0.25, 0.3) is 0 Å². The highest BCUT2D eigenvalue weighted by molar-refractivity contribution is 14.1. The van der Waals surface area contributed by atoms with Crippen LogP contribution in [0.1, 0.15) is 20.8 Å². The number of carbonyl (C=O) groups excluding carboxylic acids is 1. The molecule has 1 saturated heterocycles. The Labute approximate surface area is 139 Å². The maximum absolute atomic E-state index is 12.0. The second kappa shape index (κ2) is 6.29. The molecule has 21 heavy (non-hydrogen) atoms. The maximum Gasteiger partial charge on any atom is 0.410 e. The number of anilines is 2. The van der Waals surface area contributed by atoms with Crippen LogP contribution in [0.4, 0.5) is 16.2 Å². The van der Waals surface area contributed by atoms with Gasteiger partial charge in [0.1, 0.15) is 5.60 Å². The summed E-state index contributed by atoms with van der Waals surface area (Å²) in [5.41, 5.74) is 7.45. The van der Waals surface area contributed by atoms with Gasteiger partial charge < -0.3 is 20.3 Å². The van der Waals surface area contributed by atoms with Crippen molar-refractivity contribution < 1.29 is 9.53 Å². The number of nitrogens with two attached hydrogens (primary N) is 1. The zero-order valence-corrected chi connectivity index (χ0v) is 14.9. The summed E-state index contributed by atoms with van der Waals surface area (Å²) in [4.78, 5) is 16.0. The van der Waals surface area contributed by atoms with Gasteiger partial charge in [-0.05, 0) is 61.6 Å². The van der Waals surface area contributed by atoms with Gasteiger partial charge in [0, 0.05) is 29.7 Å². The smallest absolute Gasteiger partial charge is 0.410 e. The minimum Gasteiger partial charge on any atom is -0.444 e. The molecule has 0 radical (unpaired) electrons. The standard InChI is InChI=1S/C15H22IN3O2/c1-15(2,3)21-14(20)19-8-6-18(7-9-19)13-5-4-11(16)10-12(13)17/h4-5,10H,6-9,17H2,1-3H3. The molecule has 0 bridgehead atoms. The fourth-order valence-corrected chi connectivity index (χ4v) is 2.79. The van der Waals surface area contributed by atoms with Crippen LogP contribution in [0.3, 0.4) is 0 Å². The van der Waals surface area contributed by atoms with Crippen LogP contribution < -0.4 is 10.6 Å². The molecule has 0 unspecified atom stereocenters. The van der Waals surface area contributed by atoms with Crippen molar-refractivity contribution in [1.82, 2.24) is 4.90 Å². The van der Waals surface area contributed by atoms with Gasteiger partial charge in [-0.3, -0.25) is 0 Å². The highest BCUT2D eigenvalue weighted by atomic mass is 127. The minimum atomic E-state index is -0.450. The van der Waals surface area contributed by atoms with Gasteiger partial charge in [-0.25, -0.2) is 4.79 Å². The fourth-order valence-electron chi connectivity index (χ4n) is 2.27. The monoisotopic (exact) mass is 403 g/mol. The van der Waals surface area contributed by atoms with Crippen molar-refractivity contribution in [2.45, 2.75) is 26.4 Å². The van der Waals surface area contributed by atoms with Gasteiger partial charge in [0.25, 0.3) is 0 Å². The number of nitrogen functional groups attached to an aromatic ring is 1. The highest BCUT2D eigenvalue weighted by Gasteiger charge is 2.26. The van der Waals surface area contributed by atoms with Crippen molar-refractivity contribution in [2.75, 3.05) is 36.8 Å². The van der Waals surface area contributed by atoms with Crippen LogP contribution >= 0.6 is 22.6 Å². The van der Waals surface area contributed by atoms with E-state index >= 15 is 0 Å². The molecule has 0 spiro atoms. The molecule has 0 aromatic heterocycles. The molecule has 1 aliphatic heterocycles. The van der Waals surface area contributed by atoms with Gasteiger partial charge in [-0.1, -0.05) is 0 Å². The Balaban J connectivity index is 1.95. The Morgan fingerprint density at radius 1 is 1.24 bits per heavy atom. The number of amides is 1. The Morgan fingerprint density at radius 3 is 2.38 bits per heavy atom. The number of nitrogens with zero attached hydrogens (tertiary/aromatic N) is 2. The number of piperazine rings is 1. The molecule has 1 amide bonds. The molecule has 2 N–H and O–H groups in total. The molecule has 1 fully saturated rings. The van der Waals surface area contributed by atoms with Crippen molar-refractivity contribution >= 4 is 40.1 Å². The summed E-state index contributed by atoms with van der Waals surface area (Å²) in [6.45, 7) is 8.49.